The quantitative estimate of drug-likeness (QED) is 0.771. The average Bonchev–Trinajstić information content (AvgIpc) is 2.84. The van der Waals surface area contributed by atoms with Crippen LogP contribution in [0, 0.1) is 12.8 Å². The van der Waals surface area contributed by atoms with Crippen LogP contribution in [0.15, 0.2) is 36.4 Å². The van der Waals surface area contributed by atoms with Gasteiger partial charge in [0.25, 0.3) is 0 Å². The molecule has 0 fully saturated rings. The first-order chi connectivity index (χ1) is 8.74. The number of ketones is 1. The fourth-order valence-electron chi connectivity index (χ4n) is 2.26. The van der Waals surface area contributed by atoms with Gasteiger partial charge in [-0.05, 0) is 37.1 Å². The van der Waals surface area contributed by atoms with Crippen LogP contribution >= 0.6 is 11.3 Å². The van der Waals surface area contributed by atoms with E-state index in [2.05, 4.69) is 0 Å². The highest BCUT2D eigenvalue weighted by Gasteiger charge is 2.27. The van der Waals surface area contributed by atoms with Crippen molar-refractivity contribution in [2.45, 2.75) is 13.3 Å². The second-order valence-electron chi connectivity index (χ2n) is 4.59. The van der Waals surface area contributed by atoms with Crippen molar-refractivity contribution < 1.29 is 9.53 Å². The van der Waals surface area contributed by atoms with Gasteiger partial charge in [0.2, 0.25) is 0 Å². The summed E-state index contributed by atoms with van der Waals surface area (Å²) in [5, 5.41) is 0. The Morgan fingerprint density at radius 1 is 1.28 bits per heavy atom. The van der Waals surface area contributed by atoms with Crippen molar-refractivity contribution in [2.75, 3.05) is 6.61 Å². The van der Waals surface area contributed by atoms with Crippen molar-refractivity contribution in [3.05, 3.63) is 51.7 Å². The minimum absolute atomic E-state index is 0.0436. The van der Waals surface area contributed by atoms with E-state index in [0.29, 0.717) is 6.61 Å². The molecule has 0 saturated carbocycles. The number of fused-ring (bicyclic) bond motifs is 1. The Morgan fingerprint density at radius 2 is 2.11 bits per heavy atom. The lowest BCUT2D eigenvalue weighted by Crippen LogP contribution is -2.27. The van der Waals surface area contributed by atoms with E-state index in [9.17, 15) is 4.79 Å². The third-order valence-electron chi connectivity index (χ3n) is 3.23. The SMILES string of the molecule is Cc1ccc(C(=O)C2COc3ccccc3C2)s1. The van der Waals surface area contributed by atoms with Crippen molar-refractivity contribution in [1.29, 1.82) is 0 Å². The Kier molecular flexibility index (Phi) is 2.92. The van der Waals surface area contributed by atoms with Gasteiger partial charge in [-0.15, -0.1) is 11.3 Å². The average molecular weight is 258 g/mol. The van der Waals surface area contributed by atoms with Crippen molar-refractivity contribution >= 4 is 17.1 Å². The predicted octanol–water partition coefficient (Wildman–Crippen LogP) is 3.49. The second kappa shape index (κ2) is 4.58. The molecule has 3 rings (SSSR count). The monoisotopic (exact) mass is 258 g/mol. The smallest absolute Gasteiger partial charge is 0.179 e. The van der Waals surface area contributed by atoms with Gasteiger partial charge < -0.3 is 4.74 Å². The molecule has 3 heteroatoms. The van der Waals surface area contributed by atoms with Gasteiger partial charge in [0.05, 0.1) is 17.4 Å². The predicted molar refractivity (Wildman–Crippen MR) is 72.5 cm³/mol. The Hall–Kier alpha value is -1.61. The molecule has 1 aromatic carbocycles. The maximum atomic E-state index is 12.4. The van der Waals surface area contributed by atoms with Crippen LogP contribution in [0.1, 0.15) is 20.1 Å². The number of Topliss-reactive ketones (excluding diaryl/α,β-unsaturated/α-hetero) is 1. The molecular weight excluding hydrogens is 244 g/mol. The number of thiophene rings is 1. The minimum Gasteiger partial charge on any atom is -0.493 e. The number of para-hydroxylation sites is 1. The van der Waals surface area contributed by atoms with Crippen LogP contribution in [0.5, 0.6) is 5.75 Å². The molecule has 18 heavy (non-hydrogen) atoms. The normalized spacial score (nSPS) is 17.9. The molecule has 2 aromatic rings. The van der Waals surface area contributed by atoms with Crippen LogP contribution in [0.4, 0.5) is 0 Å². The molecule has 0 spiro atoms. The summed E-state index contributed by atoms with van der Waals surface area (Å²) in [6.45, 7) is 2.51. The minimum atomic E-state index is -0.0436. The lowest BCUT2D eigenvalue weighted by Gasteiger charge is -2.23. The summed E-state index contributed by atoms with van der Waals surface area (Å²) in [4.78, 5) is 14.4. The molecular formula is C15H14O2S. The number of rotatable bonds is 2. The zero-order chi connectivity index (χ0) is 12.5. The van der Waals surface area contributed by atoms with Crippen LogP contribution in [-0.4, -0.2) is 12.4 Å². The molecule has 1 aromatic heterocycles. The number of hydrogen-bond acceptors (Lipinski definition) is 3. The summed E-state index contributed by atoms with van der Waals surface area (Å²) in [5.74, 6) is 1.09. The number of benzene rings is 1. The fraction of sp³-hybridized carbons (Fsp3) is 0.267. The molecule has 0 saturated heterocycles. The van der Waals surface area contributed by atoms with Gasteiger partial charge in [-0.2, -0.15) is 0 Å². The Morgan fingerprint density at radius 3 is 2.89 bits per heavy atom. The summed E-state index contributed by atoms with van der Waals surface area (Å²) in [6.07, 6.45) is 0.784. The number of carbonyl (C=O) groups is 1. The highest BCUT2D eigenvalue weighted by Crippen LogP contribution is 2.29. The molecule has 0 amide bonds. The number of carbonyl (C=O) groups excluding carboxylic acids is 1. The number of ether oxygens (including phenoxy) is 1. The Labute approximate surface area is 110 Å². The third-order valence-corrected chi connectivity index (χ3v) is 4.25. The Balaban J connectivity index is 1.82. The van der Waals surface area contributed by atoms with Gasteiger partial charge in [0.15, 0.2) is 5.78 Å². The Bertz CT molecular complexity index is 586. The van der Waals surface area contributed by atoms with Crippen LogP contribution in [0.2, 0.25) is 0 Å². The van der Waals surface area contributed by atoms with Crippen molar-refractivity contribution in [3.63, 3.8) is 0 Å². The zero-order valence-electron chi connectivity index (χ0n) is 10.2. The van der Waals surface area contributed by atoms with Crippen LogP contribution < -0.4 is 4.74 Å². The molecule has 0 aliphatic carbocycles. The highest BCUT2D eigenvalue weighted by atomic mass is 32.1. The standard InChI is InChI=1S/C15H14O2S/c1-10-6-7-14(18-10)15(16)12-8-11-4-2-3-5-13(11)17-9-12/h2-7,12H,8-9H2,1H3. The van der Waals surface area contributed by atoms with Gasteiger partial charge in [0, 0.05) is 4.88 Å². The highest BCUT2D eigenvalue weighted by molar-refractivity contribution is 7.14. The first-order valence-corrected chi connectivity index (χ1v) is 6.87. The second-order valence-corrected chi connectivity index (χ2v) is 5.88. The van der Waals surface area contributed by atoms with Gasteiger partial charge in [0.1, 0.15) is 5.75 Å². The number of hydrogen-bond donors (Lipinski definition) is 0. The number of aryl methyl sites for hydroxylation is 1. The molecule has 1 atom stereocenters. The van der Waals surface area contributed by atoms with Crippen LogP contribution in [0.25, 0.3) is 0 Å². The summed E-state index contributed by atoms with van der Waals surface area (Å²) in [5.41, 5.74) is 1.13. The van der Waals surface area contributed by atoms with E-state index in [1.807, 2.05) is 43.3 Å². The molecule has 1 aliphatic rings. The van der Waals surface area contributed by atoms with E-state index < -0.39 is 0 Å². The molecule has 1 unspecified atom stereocenters. The van der Waals surface area contributed by atoms with Crippen LogP contribution in [0.3, 0.4) is 0 Å². The van der Waals surface area contributed by atoms with E-state index in [1.54, 1.807) is 11.3 Å². The first kappa shape index (κ1) is 11.5. The maximum Gasteiger partial charge on any atom is 0.179 e. The van der Waals surface area contributed by atoms with Crippen LogP contribution in [-0.2, 0) is 6.42 Å². The van der Waals surface area contributed by atoms with E-state index in [4.69, 9.17) is 4.74 Å². The van der Waals surface area contributed by atoms with Crippen molar-refractivity contribution in [2.24, 2.45) is 5.92 Å². The molecule has 0 radical (unpaired) electrons. The summed E-state index contributed by atoms with van der Waals surface area (Å²) in [6, 6.07) is 11.9. The maximum absolute atomic E-state index is 12.4. The van der Waals surface area contributed by atoms with E-state index in [0.717, 1.165) is 22.6 Å². The zero-order valence-corrected chi connectivity index (χ0v) is 11.0. The van der Waals surface area contributed by atoms with E-state index in [1.165, 1.54) is 4.88 Å². The molecule has 0 bridgehead atoms. The van der Waals surface area contributed by atoms with Gasteiger partial charge in [-0.25, -0.2) is 0 Å². The third kappa shape index (κ3) is 2.06. The fourth-order valence-corrected chi connectivity index (χ4v) is 3.15. The molecule has 1 aliphatic heterocycles. The van der Waals surface area contributed by atoms with Crippen molar-refractivity contribution in [3.8, 4) is 5.75 Å². The molecule has 2 nitrogen and oxygen atoms in total. The van der Waals surface area contributed by atoms with Gasteiger partial charge in [-0.3, -0.25) is 4.79 Å². The molecule has 2 heterocycles. The van der Waals surface area contributed by atoms with Crippen molar-refractivity contribution in [1.82, 2.24) is 0 Å². The van der Waals surface area contributed by atoms with Gasteiger partial charge >= 0.3 is 0 Å². The topological polar surface area (TPSA) is 26.3 Å². The van der Waals surface area contributed by atoms with Gasteiger partial charge in [-0.1, -0.05) is 18.2 Å². The van der Waals surface area contributed by atoms with E-state index in [-0.39, 0.29) is 11.7 Å². The first-order valence-electron chi connectivity index (χ1n) is 6.05. The lowest BCUT2D eigenvalue weighted by molar-refractivity contribution is 0.0859. The largest absolute Gasteiger partial charge is 0.493 e. The summed E-state index contributed by atoms with van der Waals surface area (Å²) < 4.78 is 5.67. The molecule has 0 N–H and O–H groups in total. The molecule has 92 valence electrons. The van der Waals surface area contributed by atoms with E-state index >= 15 is 0 Å². The summed E-state index contributed by atoms with van der Waals surface area (Å²) in [7, 11) is 0. The summed E-state index contributed by atoms with van der Waals surface area (Å²) >= 11 is 1.57. The lowest BCUT2D eigenvalue weighted by atomic mass is 9.92.